The average molecular weight is 400 g/mol. The van der Waals surface area contributed by atoms with E-state index in [4.69, 9.17) is 4.98 Å². The molecular formula is C26H29N3O. The van der Waals surface area contributed by atoms with E-state index in [-0.39, 0.29) is 5.91 Å². The van der Waals surface area contributed by atoms with Gasteiger partial charge in [-0.05, 0) is 61.8 Å². The highest BCUT2D eigenvalue weighted by molar-refractivity contribution is 5.93. The molecule has 0 radical (unpaired) electrons. The Morgan fingerprint density at radius 1 is 0.933 bits per heavy atom. The van der Waals surface area contributed by atoms with Gasteiger partial charge < -0.3 is 10.6 Å². The normalized spacial score (nSPS) is 13.3. The third-order valence-corrected chi connectivity index (χ3v) is 5.60. The maximum absolute atomic E-state index is 12.0. The van der Waals surface area contributed by atoms with Crippen molar-refractivity contribution in [3.63, 3.8) is 0 Å². The number of hydrogen-bond acceptors (Lipinski definition) is 3. The summed E-state index contributed by atoms with van der Waals surface area (Å²) < 4.78 is 0. The van der Waals surface area contributed by atoms with Crippen molar-refractivity contribution in [1.82, 2.24) is 10.3 Å². The van der Waals surface area contributed by atoms with E-state index >= 15 is 0 Å². The predicted octanol–water partition coefficient (Wildman–Crippen LogP) is 5.14. The first-order valence-electron chi connectivity index (χ1n) is 11.0. The summed E-state index contributed by atoms with van der Waals surface area (Å²) in [6.45, 7) is 1.59. The number of benzene rings is 2. The maximum atomic E-state index is 12.0. The van der Waals surface area contributed by atoms with Crippen molar-refractivity contribution < 1.29 is 4.79 Å². The lowest BCUT2D eigenvalue weighted by atomic mass is 9.92. The van der Waals surface area contributed by atoms with Gasteiger partial charge in [0, 0.05) is 35.9 Å². The summed E-state index contributed by atoms with van der Waals surface area (Å²) in [6.07, 6.45) is 10.1. The molecule has 154 valence electrons. The summed E-state index contributed by atoms with van der Waals surface area (Å²) in [4.78, 5) is 16.9. The number of amides is 1. The highest BCUT2D eigenvalue weighted by Gasteiger charge is 2.17. The Labute approximate surface area is 178 Å². The number of aryl methyl sites for hydroxylation is 1. The molecule has 1 aliphatic rings. The Balaban J connectivity index is 1.26. The number of carbonyl (C=O) groups excluding carboxylic acids is 1. The Hall–Kier alpha value is -3.14. The van der Waals surface area contributed by atoms with Gasteiger partial charge in [-0.25, -0.2) is 0 Å². The number of carbonyl (C=O) groups is 1. The molecule has 0 saturated heterocycles. The topological polar surface area (TPSA) is 54.0 Å². The van der Waals surface area contributed by atoms with Gasteiger partial charge in [-0.1, -0.05) is 48.5 Å². The van der Waals surface area contributed by atoms with Gasteiger partial charge in [-0.3, -0.25) is 9.78 Å². The smallest absolute Gasteiger partial charge is 0.243 e. The highest BCUT2D eigenvalue weighted by atomic mass is 16.1. The van der Waals surface area contributed by atoms with E-state index in [0.717, 1.165) is 43.3 Å². The van der Waals surface area contributed by atoms with E-state index < -0.39 is 0 Å². The van der Waals surface area contributed by atoms with Gasteiger partial charge in [0.15, 0.2) is 0 Å². The molecule has 0 unspecified atom stereocenters. The summed E-state index contributed by atoms with van der Waals surface area (Å²) in [5.74, 6) is -0.0407. The number of fused-ring (bicyclic) bond motifs is 2. The molecule has 0 aliphatic heterocycles. The van der Waals surface area contributed by atoms with Crippen LogP contribution < -0.4 is 10.6 Å². The van der Waals surface area contributed by atoms with Gasteiger partial charge in [0.2, 0.25) is 5.91 Å². The van der Waals surface area contributed by atoms with E-state index in [1.165, 1.54) is 35.2 Å². The van der Waals surface area contributed by atoms with Gasteiger partial charge in [-0.2, -0.15) is 0 Å². The fourth-order valence-corrected chi connectivity index (χ4v) is 4.04. The maximum Gasteiger partial charge on any atom is 0.243 e. The molecule has 30 heavy (non-hydrogen) atoms. The van der Waals surface area contributed by atoms with E-state index in [0.29, 0.717) is 6.54 Å². The molecule has 1 aliphatic carbocycles. The van der Waals surface area contributed by atoms with Gasteiger partial charge >= 0.3 is 0 Å². The minimum atomic E-state index is -0.0407. The van der Waals surface area contributed by atoms with E-state index in [1.807, 2.05) is 36.4 Å². The number of aromatic nitrogens is 1. The van der Waals surface area contributed by atoms with Gasteiger partial charge in [0.1, 0.15) is 0 Å². The van der Waals surface area contributed by atoms with Crippen LogP contribution >= 0.6 is 0 Å². The summed E-state index contributed by atoms with van der Waals surface area (Å²) in [6, 6.07) is 18.3. The van der Waals surface area contributed by atoms with Crippen LogP contribution in [0.15, 0.2) is 60.7 Å². The molecule has 1 amide bonds. The molecule has 0 atom stereocenters. The Morgan fingerprint density at radius 2 is 1.70 bits per heavy atom. The molecular weight excluding hydrogens is 370 g/mol. The largest absolute Gasteiger partial charge is 0.384 e. The van der Waals surface area contributed by atoms with E-state index in [2.05, 4.69) is 34.9 Å². The zero-order valence-corrected chi connectivity index (χ0v) is 17.4. The molecule has 4 rings (SSSR count). The number of para-hydroxylation sites is 1. The second kappa shape index (κ2) is 10.1. The van der Waals surface area contributed by atoms with Crippen molar-refractivity contribution in [3.05, 3.63) is 77.5 Å². The number of unbranched alkanes of at least 4 members (excludes halogenated alkanes) is 1. The first-order chi connectivity index (χ1) is 14.8. The monoisotopic (exact) mass is 399 g/mol. The summed E-state index contributed by atoms with van der Waals surface area (Å²) in [5, 5.41) is 7.87. The first kappa shape index (κ1) is 20.1. The Morgan fingerprint density at radius 3 is 2.60 bits per heavy atom. The molecule has 4 heteroatoms. The predicted molar refractivity (Wildman–Crippen MR) is 125 cm³/mol. The molecule has 0 fully saturated rings. The molecule has 0 bridgehead atoms. The molecule has 2 aromatic carbocycles. The number of nitrogens with one attached hydrogen (secondary N) is 2. The van der Waals surface area contributed by atoms with Gasteiger partial charge in [-0.15, -0.1) is 0 Å². The van der Waals surface area contributed by atoms with Crippen molar-refractivity contribution >= 4 is 28.6 Å². The number of anilines is 1. The number of hydrogen-bond donors (Lipinski definition) is 2. The second-order valence-corrected chi connectivity index (χ2v) is 7.81. The van der Waals surface area contributed by atoms with Crippen LogP contribution in [0.2, 0.25) is 0 Å². The zero-order valence-electron chi connectivity index (χ0n) is 17.4. The van der Waals surface area contributed by atoms with Crippen LogP contribution in [0.25, 0.3) is 17.0 Å². The molecule has 1 heterocycles. The number of pyridine rings is 1. The molecule has 0 saturated carbocycles. The van der Waals surface area contributed by atoms with Crippen LogP contribution in [0.1, 0.15) is 42.5 Å². The van der Waals surface area contributed by atoms with E-state index in [1.54, 1.807) is 6.08 Å². The van der Waals surface area contributed by atoms with Crippen LogP contribution in [0.4, 0.5) is 5.69 Å². The van der Waals surface area contributed by atoms with Crippen molar-refractivity contribution in [2.24, 2.45) is 0 Å². The highest BCUT2D eigenvalue weighted by Crippen LogP contribution is 2.33. The van der Waals surface area contributed by atoms with Crippen LogP contribution in [0.3, 0.4) is 0 Å². The molecule has 3 aromatic rings. The van der Waals surface area contributed by atoms with Crippen LogP contribution in [-0.4, -0.2) is 24.0 Å². The molecule has 4 nitrogen and oxygen atoms in total. The fraction of sp³-hybridized carbons (Fsp3) is 0.308. The lowest BCUT2D eigenvalue weighted by Gasteiger charge is -2.21. The third kappa shape index (κ3) is 5.07. The van der Waals surface area contributed by atoms with Gasteiger partial charge in [0.05, 0.1) is 5.52 Å². The van der Waals surface area contributed by atoms with Crippen molar-refractivity contribution in [2.45, 2.75) is 38.5 Å². The quantitative estimate of drug-likeness (QED) is 0.408. The summed E-state index contributed by atoms with van der Waals surface area (Å²) in [5.41, 5.74) is 6.05. The molecule has 1 aromatic heterocycles. The van der Waals surface area contributed by atoms with Crippen molar-refractivity contribution in [2.75, 3.05) is 18.4 Å². The minimum Gasteiger partial charge on any atom is -0.384 e. The lowest BCUT2D eigenvalue weighted by molar-refractivity contribution is -0.116. The van der Waals surface area contributed by atoms with Crippen molar-refractivity contribution in [1.29, 1.82) is 0 Å². The summed E-state index contributed by atoms with van der Waals surface area (Å²) >= 11 is 0. The van der Waals surface area contributed by atoms with Crippen molar-refractivity contribution in [3.8, 4) is 0 Å². The standard InChI is InChI=1S/C26H29N3O/c30-25(17-16-20-10-2-1-3-11-20)27-18-8-9-19-28-26-21-12-4-6-14-23(21)29-24-15-7-5-13-22(24)26/h1-4,6,10-12,14,16-17H,5,7-9,13,15,18-19H2,(H,27,30)(H,28,29)/b17-16+. The SMILES string of the molecule is O=C(/C=C/c1ccccc1)NCCCCNc1c2c(nc3ccccc13)CCCC2. The third-order valence-electron chi connectivity index (χ3n) is 5.60. The minimum absolute atomic E-state index is 0.0407. The fourth-order valence-electron chi connectivity index (χ4n) is 4.04. The van der Waals surface area contributed by atoms with Crippen LogP contribution in [-0.2, 0) is 17.6 Å². The lowest BCUT2D eigenvalue weighted by Crippen LogP contribution is -2.22. The van der Waals surface area contributed by atoms with Gasteiger partial charge in [0.25, 0.3) is 0 Å². The second-order valence-electron chi connectivity index (χ2n) is 7.81. The molecule has 0 spiro atoms. The van der Waals surface area contributed by atoms with E-state index in [9.17, 15) is 4.79 Å². The summed E-state index contributed by atoms with van der Waals surface area (Å²) in [7, 11) is 0. The Bertz CT molecular complexity index is 1030. The average Bonchev–Trinajstić information content (AvgIpc) is 2.80. The number of rotatable bonds is 8. The molecule has 2 N–H and O–H groups in total. The van der Waals surface area contributed by atoms with Crippen LogP contribution in [0, 0.1) is 0 Å². The Kier molecular flexibility index (Phi) is 6.75. The first-order valence-corrected chi connectivity index (χ1v) is 11.0. The zero-order chi connectivity index (χ0) is 20.6. The van der Waals surface area contributed by atoms with Crippen LogP contribution in [0.5, 0.6) is 0 Å². The number of nitrogens with zero attached hydrogens (tertiary/aromatic N) is 1.